The van der Waals surface area contributed by atoms with Gasteiger partial charge in [0.15, 0.2) is 4.90 Å². The minimum absolute atomic E-state index is 0.0617. The fourth-order valence-electron chi connectivity index (χ4n) is 2.09. The number of nitro benzene ring substituents is 1. The van der Waals surface area contributed by atoms with E-state index in [1.807, 2.05) is 0 Å². The highest BCUT2D eigenvalue weighted by Crippen LogP contribution is 2.23. The van der Waals surface area contributed by atoms with Crippen molar-refractivity contribution in [3.05, 3.63) is 58.6 Å². The minimum atomic E-state index is -4.04. The largest absolute Gasteiger partial charge is 0.497 e. The molecule has 0 saturated heterocycles. The zero-order chi connectivity index (χ0) is 18.4. The van der Waals surface area contributed by atoms with E-state index in [9.17, 15) is 18.5 Å². The Kier molecular flexibility index (Phi) is 5.94. The van der Waals surface area contributed by atoms with Crippen molar-refractivity contribution in [3.8, 4) is 11.5 Å². The number of benzene rings is 2. The molecule has 0 aliphatic heterocycles. The van der Waals surface area contributed by atoms with Crippen LogP contribution in [0.15, 0.2) is 53.4 Å². The molecular formula is C16H18N2O6S. The molecule has 0 fully saturated rings. The Morgan fingerprint density at radius 2 is 1.72 bits per heavy atom. The average molecular weight is 366 g/mol. The molecule has 1 atom stereocenters. The van der Waals surface area contributed by atoms with E-state index in [1.54, 1.807) is 38.3 Å². The number of ether oxygens (including phenoxy) is 2. The lowest BCUT2D eigenvalue weighted by molar-refractivity contribution is -0.387. The molecule has 134 valence electrons. The van der Waals surface area contributed by atoms with Crippen LogP contribution in [0.3, 0.4) is 0 Å². The van der Waals surface area contributed by atoms with Crippen LogP contribution in [0, 0.1) is 10.1 Å². The fourth-order valence-corrected chi connectivity index (χ4v) is 3.49. The van der Waals surface area contributed by atoms with Crippen LogP contribution in [0.1, 0.15) is 6.92 Å². The van der Waals surface area contributed by atoms with Crippen molar-refractivity contribution < 1.29 is 22.8 Å². The van der Waals surface area contributed by atoms with Gasteiger partial charge in [0.1, 0.15) is 18.1 Å². The van der Waals surface area contributed by atoms with Crippen molar-refractivity contribution in [2.45, 2.75) is 17.9 Å². The van der Waals surface area contributed by atoms with E-state index in [0.29, 0.717) is 11.5 Å². The number of hydrogen-bond donors (Lipinski definition) is 1. The second-order valence-corrected chi connectivity index (χ2v) is 6.92. The smallest absolute Gasteiger partial charge is 0.289 e. The second kappa shape index (κ2) is 7.95. The molecule has 0 bridgehead atoms. The number of rotatable bonds is 8. The first-order valence-corrected chi connectivity index (χ1v) is 8.84. The Hall–Kier alpha value is -2.65. The summed E-state index contributed by atoms with van der Waals surface area (Å²) >= 11 is 0. The zero-order valence-electron chi connectivity index (χ0n) is 13.7. The van der Waals surface area contributed by atoms with Crippen molar-refractivity contribution in [1.82, 2.24) is 4.72 Å². The Balaban J connectivity index is 2.03. The van der Waals surface area contributed by atoms with Crippen LogP contribution in [0.4, 0.5) is 5.69 Å². The van der Waals surface area contributed by atoms with Gasteiger partial charge in [-0.25, -0.2) is 13.1 Å². The van der Waals surface area contributed by atoms with Crippen molar-refractivity contribution in [2.24, 2.45) is 0 Å². The summed E-state index contributed by atoms with van der Waals surface area (Å²) in [4.78, 5) is 9.89. The highest BCUT2D eigenvalue weighted by atomic mass is 32.2. The Labute approximate surface area is 145 Å². The number of nitrogens with one attached hydrogen (secondary N) is 1. The highest BCUT2D eigenvalue weighted by Gasteiger charge is 2.26. The van der Waals surface area contributed by atoms with Gasteiger partial charge in [-0.2, -0.15) is 0 Å². The van der Waals surface area contributed by atoms with Gasteiger partial charge in [0.25, 0.3) is 5.69 Å². The summed E-state index contributed by atoms with van der Waals surface area (Å²) in [5.74, 6) is 1.23. The molecule has 0 saturated carbocycles. The van der Waals surface area contributed by atoms with E-state index in [1.165, 1.54) is 18.2 Å². The Morgan fingerprint density at radius 1 is 1.12 bits per heavy atom. The molecule has 0 heterocycles. The average Bonchev–Trinajstić information content (AvgIpc) is 2.60. The lowest BCUT2D eigenvalue weighted by Gasteiger charge is -2.15. The first-order valence-electron chi connectivity index (χ1n) is 7.36. The van der Waals surface area contributed by atoms with Gasteiger partial charge in [-0.05, 0) is 37.3 Å². The van der Waals surface area contributed by atoms with Gasteiger partial charge in [-0.3, -0.25) is 10.1 Å². The Morgan fingerprint density at radius 3 is 2.32 bits per heavy atom. The Bertz CT molecular complexity index is 836. The number of nitro groups is 1. The van der Waals surface area contributed by atoms with Gasteiger partial charge in [0.05, 0.1) is 18.1 Å². The third kappa shape index (κ3) is 4.91. The third-order valence-corrected chi connectivity index (χ3v) is 4.90. The molecule has 2 aromatic rings. The van der Waals surface area contributed by atoms with Gasteiger partial charge >= 0.3 is 0 Å². The van der Waals surface area contributed by atoms with Crippen molar-refractivity contribution in [2.75, 3.05) is 13.7 Å². The summed E-state index contributed by atoms with van der Waals surface area (Å²) in [6.45, 7) is 1.67. The highest BCUT2D eigenvalue weighted by molar-refractivity contribution is 7.89. The van der Waals surface area contributed by atoms with Crippen LogP contribution in [0.2, 0.25) is 0 Å². The van der Waals surface area contributed by atoms with Crippen LogP contribution in [0.25, 0.3) is 0 Å². The van der Waals surface area contributed by atoms with Crippen LogP contribution in [-0.4, -0.2) is 33.1 Å². The van der Waals surface area contributed by atoms with Crippen LogP contribution in [0.5, 0.6) is 11.5 Å². The fraction of sp³-hybridized carbons (Fsp3) is 0.250. The van der Waals surface area contributed by atoms with Crippen molar-refractivity contribution >= 4 is 15.7 Å². The molecule has 2 rings (SSSR count). The maximum Gasteiger partial charge on any atom is 0.289 e. The molecule has 0 aliphatic carbocycles. The summed E-state index contributed by atoms with van der Waals surface area (Å²) in [6, 6.07) is 11.4. The van der Waals surface area contributed by atoms with E-state index < -0.39 is 26.7 Å². The molecule has 0 aliphatic rings. The lowest BCUT2D eigenvalue weighted by Crippen LogP contribution is -2.37. The molecule has 25 heavy (non-hydrogen) atoms. The first-order chi connectivity index (χ1) is 11.8. The van der Waals surface area contributed by atoms with Gasteiger partial charge < -0.3 is 9.47 Å². The maximum atomic E-state index is 12.4. The zero-order valence-corrected chi connectivity index (χ0v) is 14.5. The molecular weight excluding hydrogens is 348 g/mol. The van der Waals surface area contributed by atoms with Gasteiger partial charge in [0.2, 0.25) is 10.0 Å². The number of nitrogens with zero attached hydrogens (tertiary/aromatic N) is 1. The number of hydrogen-bond acceptors (Lipinski definition) is 6. The van der Waals surface area contributed by atoms with Crippen LogP contribution < -0.4 is 14.2 Å². The van der Waals surface area contributed by atoms with Crippen LogP contribution in [-0.2, 0) is 10.0 Å². The van der Waals surface area contributed by atoms with Gasteiger partial charge in [-0.15, -0.1) is 0 Å². The molecule has 2 aromatic carbocycles. The van der Waals surface area contributed by atoms with E-state index in [-0.39, 0.29) is 11.5 Å². The number of methoxy groups -OCH3 is 1. The van der Waals surface area contributed by atoms with E-state index in [4.69, 9.17) is 9.47 Å². The quantitative estimate of drug-likeness (QED) is 0.567. The molecule has 0 radical (unpaired) electrons. The topological polar surface area (TPSA) is 108 Å². The van der Waals surface area contributed by atoms with E-state index >= 15 is 0 Å². The lowest BCUT2D eigenvalue weighted by atomic mass is 10.3. The number of sulfonamides is 1. The molecule has 1 N–H and O–H groups in total. The first kappa shape index (κ1) is 18.7. The summed E-state index contributed by atoms with van der Waals surface area (Å²) in [7, 11) is -2.49. The summed E-state index contributed by atoms with van der Waals surface area (Å²) in [6.07, 6.45) is 0. The third-order valence-electron chi connectivity index (χ3n) is 3.27. The molecule has 8 nitrogen and oxygen atoms in total. The summed E-state index contributed by atoms with van der Waals surface area (Å²) in [5, 5.41) is 11.0. The predicted molar refractivity (Wildman–Crippen MR) is 91.4 cm³/mol. The molecule has 0 spiro atoms. The SMILES string of the molecule is COc1ccc(OCC(C)NS(=O)(=O)c2ccccc2[N+](=O)[O-])cc1. The number of para-hydroxylation sites is 1. The maximum absolute atomic E-state index is 12.4. The molecule has 0 aromatic heterocycles. The molecule has 9 heteroatoms. The predicted octanol–water partition coefficient (Wildman–Crippen LogP) is 2.35. The van der Waals surface area contributed by atoms with E-state index in [2.05, 4.69) is 4.72 Å². The van der Waals surface area contributed by atoms with E-state index in [0.717, 1.165) is 6.07 Å². The molecule has 1 unspecified atom stereocenters. The normalized spacial score (nSPS) is 12.4. The van der Waals surface area contributed by atoms with Gasteiger partial charge in [0, 0.05) is 6.07 Å². The van der Waals surface area contributed by atoms with Crippen molar-refractivity contribution in [3.63, 3.8) is 0 Å². The van der Waals surface area contributed by atoms with Crippen molar-refractivity contribution in [1.29, 1.82) is 0 Å². The second-order valence-electron chi connectivity index (χ2n) is 5.23. The summed E-state index contributed by atoms with van der Waals surface area (Å²) in [5.41, 5.74) is -0.474. The minimum Gasteiger partial charge on any atom is -0.497 e. The molecule has 0 amide bonds. The summed E-state index contributed by atoms with van der Waals surface area (Å²) < 4.78 is 37.7. The monoisotopic (exact) mass is 366 g/mol. The standard InChI is InChI=1S/C16H18N2O6S/c1-12(11-24-14-9-7-13(23-2)8-10-14)17-25(21,22)16-6-4-3-5-15(16)18(19)20/h3-10,12,17H,11H2,1-2H3. The van der Waals surface area contributed by atoms with Gasteiger partial charge in [-0.1, -0.05) is 12.1 Å². The van der Waals surface area contributed by atoms with Crippen LogP contribution >= 0.6 is 0 Å².